The molecule has 0 rings (SSSR count). The van der Waals surface area contributed by atoms with E-state index in [2.05, 4.69) is 6.92 Å². The molecule has 0 fully saturated rings. The Balaban J connectivity index is 4.58. The third kappa shape index (κ3) is 14.5. The number of hydrogen-bond acceptors (Lipinski definition) is 2. The van der Waals surface area contributed by atoms with Crippen LogP contribution in [0, 0.1) is 5.41 Å². The zero-order valence-corrected chi connectivity index (χ0v) is 19.0. The maximum absolute atomic E-state index is 12.7. The molecular weight excluding hydrogens is 410 g/mol. The first kappa shape index (κ1) is 29.5. The molecule has 0 saturated carbocycles. The fourth-order valence-electron chi connectivity index (χ4n) is 3.41. The van der Waals surface area contributed by atoms with E-state index >= 15 is 0 Å². The van der Waals surface area contributed by atoms with Gasteiger partial charge in [-0.25, -0.2) is 0 Å². The predicted molar refractivity (Wildman–Crippen MR) is 107 cm³/mol. The van der Waals surface area contributed by atoms with Crippen LogP contribution in [0.2, 0.25) is 0 Å². The van der Waals surface area contributed by atoms with Gasteiger partial charge in [0.15, 0.2) is 5.79 Å². The van der Waals surface area contributed by atoms with Crippen molar-refractivity contribution in [1.82, 2.24) is 0 Å². The minimum Gasteiger partial charge on any atom is -0.340 e. The highest BCUT2D eigenvalue weighted by molar-refractivity contribution is 4.85. The van der Waals surface area contributed by atoms with E-state index in [4.69, 9.17) is 9.47 Å². The van der Waals surface area contributed by atoms with Crippen molar-refractivity contribution < 1.29 is 35.8 Å². The molecule has 0 aliphatic heterocycles. The summed E-state index contributed by atoms with van der Waals surface area (Å²) < 4.78 is 86.2. The summed E-state index contributed by atoms with van der Waals surface area (Å²) in [6.45, 7) is 3.52. The van der Waals surface area contributed by atoms with Crippen LogP contribution in [0.25, 0.3) is 0 Å². The van der Waals surface area contributed by atoms with Crippen molar-refractivity contribution in [3.05, 3.63) is 0 Å². The van der Waals surface area contributed by atoms with E-state index in [9.17, 15) is 26.3 Å². The Kier molecular flexibility index (Phi) is 13.6. The second-order valence-corrected chi connectivity index (χ2v) is 9.10. The van der Waals surface area contributed by atoms with Gasteiger partial charge in [0.2, 0.25) is 0 Å². The Hall–Kier alpha value is -0.500. The Morgan fingerprint density at radius 2 is 0.867 bits per heavy atom. The Morgan fingerprint density at radius 1 is 0.533 bits per heavy atom. The van der Waals surface area contributed by atoms with Gasteiger partial charge in [0.05, 0.1) is 0 Å². The molecule has 0 aromatic carbocycles. The fourth-order valence-corrected chi connectivity index (χ4v) is 3.41. The molecule has 0 unspecified atom stereocenters. The lowest BCUT2D eigenvalue weighted by Crippen LogP contribution is -2.51. The first-order valence-electron chi connectivity index (χ1n) is 11.1. The first-order chi connectivity index (χ1) is 13.7. The molecule has 8 heteroatoms. The standard InChI is InChI=1S/C22H40F6O2/c1-5-6-7-8-9-10-11-12-13-14-15-16-20(19(2,3)4,29-17-21(23,24)25)30-18-22(26,27)28/h5-18H2,1-4H3. The minimum atomic E-state index is -4.64. The van der Waals surface area contributed by atoms with Crippen molar-refractivity contribution in [1.29, 1.82) is 0 Å². The van der Waals surface area contributed by atoms with E-state index in [1.165, 1.54) is 59.3 Å². The highest BCUT2D eigenvalue weighted by atomic mass is 19.4. The zero-order valence-electron chi connectivity index (χ0n) is 19.0. The predicted octanol–water partition coefficient (Wildman–Crippen LogP) is 8.59. The molecule has 30 heavy (non-hydrogen) atoms. The molecule has 0 aromatic heterocycles. The highest BCUT2D eigenvalue weighted by Crippen LogP contribution is 2.41. The summed E-state index contributed by atoms with van der Waals surface area (Å²) >= 11 is 0. The van der Waals surface area contributed by atoms with Crippen molar-refractivity contribution in [2.75, 3.05) is 13.2 Å². The first-order valence-corrected chi connectivity index (χ1v) is 11.1. The normalized spacial score (nSPS) is 13.8. The van der Waals surface area contributed by atoms with Crippen molar-refractivity contribution in [3.63, 3.8) is 0 Å². The lowest BCUT2D eigenvalue weighted by molar-refractivity contribution is -0.345. The van der Waals surface area contributed by atoms with Crippen molar-refractivity contribution in [2.45, 2.75) is 123 Å². The molecule has 0 atom stereocenters. The maximum atomic E-state index is 12.7. The van der Waals surface area contributed by atoms with Gasteiger partial charge in [0, 0.05) is 11.8 Å². The van der Waals surface area contributed by atoms with E-state index in [-0.39, 0.29) is 6.42 Å². The topological polar surface area (TPSA) is 18.5 Å². The highest BCUT2D eigenvalue weighted by Gasteiger charge is 2.48. The number of rotatable bonds is 16. The quantitative estimate of drug-likeness (QED) is 0.133. The molecule has 0 radical (unpaired) electrons. The van der Waals surface area contributed by atoms with Crippen LogP contribution in [0.15, 0.2) is 0 Å². The van der Waals surface area contributed by atoms with Crippen LogP contribution < -0.4 is 0 Å². The fraction of sp³-hybridized carbons (Fsp3) is 1.00. The van der Waals surface area contributed by atoms with E-state index in [0.29, 0.717) is 6.42 Å². The largest absolute Gasteiger partial charge is 0.411 e. The SMILES string of the molecule is CCCCCCCCCCCCCC(OCC(F)(F)F)(OCC(F)(F)F)C(C)(C)C. The Labute approximate surface area is 178 Å². The molecule has 0 amide bonds. The molecule has 0 saturated heterocycles. The zero-order chi connectivity index (χ0) is 23.3. The summed E-state index contributed by atoms with van der Waals surface area (Å²) in [6.07, 6.45) is 2.26. The van der Waals surface area contributed by atoms with E-state index in [1.54, 1.807) is 0 Å². The number of hydrogen-bond donors (Lipinski definition) is 0. The Bertz CT molecular complexity index is 409. The van der Waals surface area contributed by atoms with Gasteiger partial charge >= 0.3 is 12.4 Å². The maximum Gasteiger partial charge on any atom is 0.411 e. The van der Waals surface area contributed by atoms with E-state index < -0.39 is 36.8 Å². The summed E-state index contributed by atoms with van der Waals surface area (Å²) in [7, 11) is 0. The molecular formula is C22H40F6O2. The summed E-state index contributed by atoms with van der Waals surface area (Å²) in [5, 5.41) is 0. The number of halogens is 6. The molecule has 0 aliphatic rings. The number of alkyl halides is 6. The average molecular weight is 451 g/mol. The van der Waals surface area contributed by atoms with Gasteiger partial charge in [-0.2, -0.15) is 26.3 Å². The van der Waals surface area contributed by atoms with Gasteiger partial charge in [-0.1, -0.05) is 91.9 Å². The summed E-state index contributed by atoms with van der Waals surface area (Å²) in [5.74, 6) is -1.95. The monoisotopic (exact) mass is 450 g/mol. The average Bonchev–Trinajstić information content (AvgIpc) is 2.58. The van der Waals surface area contributed by atoms with Gasteiger partial charge in [0.25, 0.3) is 0 Å². The minimum absolute atomic E-state index is 0.0142. The molecule has 0 heterocycles. The molecule has 0 N–H and O–H groups in total. The number of unbranched alkanes of at least 4 members (excludes halogenated alkanes) is 10. The lowest BCUT2D eigenvalue weighted by Gasteiger charge is -2.44. The summed E-state index contributed by atoms with van der Waals surface area (Å²) in [5.41, 5.74) is -1.05. The molecule has 0 aliphatic carbocycles. The van der Waals surface area contributed by atoms with Crippen molar-refractivity contribution >= 4 is 0 Å². The summed E-state index contributed by atoms with van der Waals surface area (Å²) in [4.78, 5) is 0. The molecule has 0 aromatic rings. The second kappa shape index (κ2) is 13.8. The number of ether oxygens (including phenoxy) is 2. The van der Waals surface area contributed by atoms with Gasteiger partial charge in [-0.05, 0) is 6.42 Å². The van der Waals surface area contributed by atoms with Gasteiger partial charge in [0.1, 0.15) is 13.2 Å². The van der Waals surface area contributed by atoms with Crippen LogP contribution >= 0.6 is 0 Å². The smallest absolute Gasteiger partial charge is 0.340 e. The summed E-state index contributed by atoms with van der Waals surface area (Å²) in [6, 6.07) is 0. The third-order valence-electron chi connectivity index (χ3n) is 5.19. The van der Waals surface area contributed by atoms with Crippen molar-refractivity contribution in [3.8, 4) is 0 Å². The van der Waals surface area contributed by atoms with Crippen LogP contribution in [-0.2, 0) is 9.47 Å². The van der Waals surface area contributed by atoms with Gasteiger partial charge in [-0.15, -0.1) is 0 Å². The molecule has 0 spiro atoms. The van der Waals surface area contributed by atoms with Crippen LogP contribution in [-0.4, -0.2) is 31.4 Å². The molecule has 2 nitrogen and oxygen atoms in total. The van der Waals surface area contributed by atoms with Gasteiger partial charge in [-0.3, -0.25) is 0 Å². The van der Waals surface area contributed by atoms with E-state index in [1.807, 2.05) is 0 Å². The molecule has 0 bridgehead atoms. The molecule has 182 valence electrons. The van der Waals surface area contributed by atoms with Crippen LogP contribution in [0.3, 0.4) is 0 Å². The lowest BCUT2D eigenvalue weighted by atomic mass is 9.81. The third-order valence-corrected chi connectivity index (χ3v) is 5.19. The van der Waals surface area contributed by atoms with Crippen molar-refractivity contribution in [2.24, 2.45) is 5.41 Å². The van der Waals surface area contributed by atoms with Gasteiger partial charge < -0.3 is 9.47 Å². The van der Waals surface area contributed by atoms with E-state index in [0.717, 1.165) is 25.7 Å². The second-order valence-electron chi connectivity index (χ2n) is 9.10. The van der Waals surface area contributed by atoms with Crippen LogP contribution in [0.1, 0.15) is 105 Å². The van der Waals surface area contributed by atoms with Crippen LogP contribution in [0.4, 0.5) is 26.3 Å². The van der Waals surface area contributed by atoms with Crippen LogP contribution in [0.5, 0.6) is 0 Å². The Morgan fingerprint density at radius 3 is 1.17 bits per heavy atom.